The van der Waals surface area contributed by atoms with Crippen LogP contribution in [0.5, 0.6) is 0 Å². The van der Waals surface area contributed by atoms with Gasteiger partial charge in [0.2, 0.25) is 5.91 Å². The molecule has 128 valence electrons. The zero-order chi connectivity index (χ0) is 15.9. The average molecular weight is 341 g/mol. The zero-order valence-corrected chi connectivity index (χ0v) is 14.2. The zero-order valence-electron chi connectivity index (χ0n) is 13.4. The first-order chi connectivity index (χ1) is 10.6. The number of carbonyl (C=O) groups is 2. The van der Waals surface area contributed by atoms with Crippen molar-refractivity contribution in [2.75, 3.05) is 0 Å². The molecule has 0 radical (unpaired) electrons. The van der Waals surface area contributed by atoms with Crippen LogP contribution < -0.4 is 21.7 Å². The van der Waals surface area contributed by atoms with E-state index in [1.807, 2.05) is 13.0 Å². The van der Waals surface area contributed by atoms with Crippen LogP contribution in [0.25, 0.3) is 0 Å². The molecule has 1 aromatic carbocycles. The van der Waals surface area contributed by atoms with Crippen molar-refractivity contribution in [1.29, 1.82) is 0 Å². The normalized spacial score (nSPS) is 13.6. The van der Waals surface area contributed by atoms with Crippen molar-refractivity contribution in [3.8, 4) is 0 Å². The monoisotopic (exact) mass is 340 g/mol. The lowest BCUT2D eigenvalue weighted by molar-refractivity contribution is -0.123. The molecule has 3 amide bonds. The van der Waals surface area contributed by atoms with Crippen molar-refractivity contribution in [3.05, 3.63) is 34.9 Å². The average Bonchev–Trinajstić information content (AvgIpc) is 2.96. The third kappa shape index (κ3) is 5.73. The van der Waals surface area contributed by atoms with E-state index in [1.165, 1.54) is 11.1 Å². The van der Waals surface area contributed by atoms with Crippen LogP contribution in [0.2, 0.25) is 0 Å². The molecule has 23 heavy (non-hydrogen) atoms. The lowest BCUT2D eigenvalue weighted by Gasteiger charge is -2.17. The van der Waals surface area contributed by atoms with Crippen LogP contribution in [0.15, 0.2) is 18.2 Å². The van der Waals surface area contributed by atoms with Gasteiger partial charge in [-0.2, -0.15) is 0 Å². The Morgan fingerprint density at radius 3 is 2.74 bits per heavy atom. The van der Waals surface area contributed by atoms with Gasteiger partial charge in [-0.15, -0.1) is 12.4 Å². The van der Waals surface area contributed by atoms with Crippen LogP contribution in [0, 0.1) is 0 Å². The number of amides is 3. The molecule has 0 fully saturated rings. The van der Waals surface area contributed by atoms with Crippen molar-refractivity contribution in [1.82, 2.24) is 16.0 Å². The third-order valence-electron chi connectivity index (χ3n) is 3.85. The SMILES string of the molecule is CCCCC(NC(N)=O)C(=O)NCc1ccc2c(c1)CNC2.Cl. The molecule has 0 aliphatic carbocycles. The van der Waals surface area contributed by atoms with E-state index in [2.05, 4.69) is 28.1 Å². The summed E-state index contributed by atoms with van der Waals surface area (Å²) in [6, 6.07) is 4.99. The van der Waals surface area contributed by atoms with E-state index in [-0.39, 0.29) is 18.3 Å². The number of unbranched alkanes of at least 4 members (excludes halogenated alkanes) is 1. The van der Waals surface area contributed by atoms with Crippen LogP contribution in [-0.2, 0) is 24.4 Å². The molecule has 5 N–H and O–H groups in total. The largest absolute Gasteiger partial charge is 0.352 e. The second-order valence-electron chi connectivity index (χ2n) is 5.63. The summed E-state index contributed by atoms with van der Waals surface area (Å²) < 4.78 is 0. The molecule has 0 bridgehead atoms. The Kier molecular flexibility index (Phi) is 7.85. The van der Waals surface area contributed by atoms with E-state index in [1.54, 1.807) is 0 Å². The van der Waals surface area contributed by atoms with Crippen molar-refractivity contribution in [3.63, 3.8) is 0 Å². The van der Waals surface area contributed by atoms with E-state index in [0.29, 0.717) is 13.0 Å². The Morgan fingerprint density at radius 2 is 2.04 bits per heavy atom. The number of primary amides is 1. The minimum Gasteiger partial charge on any atom is -0.352 e. The van der Waals surface area contributed by atoms with Gasteiger partial charge >= 0.3 is 6.03 Å². The fourth-order valence-electron chi connectivity index (χ4n) is 2.62. The maximum Gasteiger partial charge on any atom is 0.312 e. The van der Waals surface area contributed by atoms with Gasteiger partial charge in [-0.3, -0.25) is 4.79 Å². The van der Waals surface area contributed by atoms with Crippen LogP contribution in [0.4, 0.5) is 4.79 Å². The summed E-state index contributed by atoms with van der Waals surface area (Å²) >= 11 is 0. The number of benzene rings is 1. The molecular formula is C16H25ClN4O2. The van der Waals surface area contributed by atoms with Gasteiger partial charge in [0.25, 0.3) is 0 Å². The maximum absolute atomic E-state index is 12.2. The smallest absolute Gasteiger partial charge is 0.312 e. The van der Waals surface area contributed by atoms with E-state index >= 15 is 0 Å². The Bertz CT molecular complexity index is 551. The fourth-order valence-corrected chi connectivity index (χ4v) is 2.62. The summed E-state index contributed by atoms with van der Waals surface area (Å²) in [4.78, 5) is 23.2. The van der Waals surface area contributed by atoms with Gasteiger partial charge in [0, 0.05) is 19.6 Å². The lowest BCUT2D eigenvalue weighted by Crippen LogP contribution is -2.48. The molecule has 1 unspecified atom stereocenters. The fraction of sp³-hybridized carbons (Fsp3) is 0.500. The van der Waals surface area contributed by atoms with Gasteiger partial charge in [-0.1, -0.05) is 38.0 Å². The molecule has 0 spiro atoms. The number of nitrogens with one attached hydrogen (secondary N) is 3. The second-order valence-corrected chi connectivity index (χ2v) is 5.63. The summed E-state index contributed by atoms with van der Waals surface area (Å²) in [5, 5.41) is 8.68. The number of urea groups is 1. The van der Waals surface area contributed by atoms with Gasteiger partial charge in [0.05, 0.1) is 0 Å². The molecule has 6 nitrogen and oxygen atoms in total. The molecule has 7 heteroatoms. The van der Waals surface area contributed by atoms with Gasteiger partial charge < -0.3 is 21.7 Å². The van der Waals surface area contributed by atoms with E-state index in [9.17, 15) is 9.59 Å². The summed E-state index contributed by atoms with van der Waals surface area (Å²) in [5.41, 5.74) is 8.79. The molecule has 1 heterocycles. The number of carbonyl (C=O) groups excluding carboxylic acids is 2. The molecule has 1 atom stereocenters. The highest BCUT2D eigenvalue weighted by molar-refractivity contribution is 5.86. The molecule has 0 saturated carbocycles. The molecule has 0 aromatic heterocycles. The van der Waals surface area contributed by atoms with Crippen molar-refractivity contribution in [2.45, 2.75) is 51.9 Å². The Labute approximate surface area is 143 Å². The maximum atomic E-state index is 12.2. The third-order valence-corrected chi connectivity index (χ3v) is 3.85. The number of rotatable bonds is 7. The first-order valence-corrected chi connectivity index (χ1v) is 7.75. The first-order valence-electron chi connectivity index (χ1n) is 7.75. The van der Waals surface area contributed by atoms with Crippen LogP contribution in [-0.4, -0.2) is 18.0 Å². The van der Waals surface area contributed by atoms with Crippen LogP contribution in [0.3, 0.4) is 0 Å². The minimum atomic E-state index is -0.667. The van der Waals surface area contributed by atoms with Gasteiger partial charge in [0.15, 0.2) is 0 Å². The first kappa shape index (κ1) is 19.3. The van der Waals surface area contributed by atoms with Crippen molar-refractivity contribution >= 4 is 24.3 Å². The molecule has 1 aliphatic heterocycles. The Morgan fingerprint density at radius 1 is 1.30 bits per heavy atom. The highest BCUT2D eigenvalue weighted by atomic mass is 35.5. The van der Waals surface area contributed by atoms with Gasteiger partial charge in [0.1, 0.15) is 6.04 Å². The number of hydrogen-bond acceptors (Lipinski definition) is 3. The molecule has 2 rings (SSSR count). The summed E-state index contributed by atoms with van der Waals surface area (Å²) in [7, 11) is 0. The van der Waals surface area contributed by atoms with E-state index in [0.717, 1.165) is 31.5 Å². The molecule has 1 aliphatic rings. The van der Waals surface area contributed by atoms with Gasteiger partial charge in [-0.25, -0.2) is 4.79 Å². The summed E-state index contributed by atoms with van der Waals surface area (Å²) in [6.07, 6.45) is 2.42. The molecular weight excluding hydrogens is 316 g/mol. The summed E-state index contributed by atoms with van der Waals surface area (Å²) in [6.45, 7) is 4.27. The van der Waals surface area contributed by atoms with Gasteiger partial charge in [-0.05, 0) is 23.1 Å². The quantitative estimate of drug-likeness (QED) is 0.606. The van der Waals surface area contributed by atoms with Crippen LogP contribution >= 0.6 is 12.4 Å². The lowest BCUT2D eigenvalue weighted by atomic mass is 10.1. The predicted molar refractivity (Wildman–Crippen MR) is 92.1 cm³/mol. The summed E-state index contributed by atoms with van der Waals surface area (Å²) in [5.74, 6) is -0.189. The van der Waals surface area contributed by atoms with E-state index < -0.39 is 12.1 Å². The highest BCUT2D eigenvalue weighted by Gasteiger charge is 2.19. The predicted octanol–water partition coefficient (Wildman–Crippen LogP) is 1.55. The van der Waals surface area contributed by atoms with Crippen LogP contribution in [0.1, 0.15) is 42.9 Å². The molecule has 1 aromatic rings. The van der Waals surface area contributed by atoms with Crippen molar-refractivity contribution in [2.24, 2.45) is 5.73 Å². The number of nitrogens with two attached hydrogens (primary N) is 1. The standard InChI is InChI=1S/C16H24N4O2.ClH/c1-2-3-4-14(20-16(17)22)15(21)19-8-11-5-6-12-9-18-10-13(12)7-11;/h5-7,14,18H,2-4,8-10H2,1H3,(H,19,21)(H3,17,20,22);1H. The number of halogens is 1. The Balaban J connectivity index is 0.00000264. The second kappa shape index (κ2) is 9.37. The van der Waals surface area contributed by atoms with Crippen molar-refractivity contribution < 1.29 is 9.59 Å². The number of hydrogen-bond donors (Lipinski definition) is 4. The van der Waals surface area contributed by atoms with E-state index in [4.69, 9.17) is 5.73 Å². The Hall–Kier alpha value is -1.79. The molecule has 0 saturated heterocycles. The highest BCUT2D eigenvalue weighted by Crippen LogP contribution is 2.16. The topological polar surface area (TPSA) is 96.2 Å². The number of fused-ring (bicyclic) bond motifs is 1. The minimum absolute atomic E-state index is 0.